The van der Waals surface area contributed by atoms with Crippen LogP contribution in [-0.4, -0.2) is 17.1 Å². The smallest absolute Gasteiger partial charge is 0.288 e. The Kier molecular flexibility index (Phi) is 3.82. The number of hydrogen-bond donors (Lipinski definition) is 0. The average Bonchev–Trinajstić information content (AvgIpc) is 2.26. The monoisotopic (exact) mass is 227 g/mol. The highest BCUT2D eigenvalue weighted by Crippen LogP contribution is 2.13. The van der Waals surface area contributed by atoms with E-state index in [-0.39, 0.29) is 5.69 Å². The Hall–Kier alpha value is -2.11. The Morgan fingerprint density at radius 1 is 1.31 bits per heavy atom. The Balaban J connectivity index is 2.76. The molecule has 1 aromatic carbocycles. The number of nitro groups is 1. The van der Waals surface area contributed by atoms with Gasteiger partial charge in [0, 0.05) is 12.1 Å². The van der Waals surface area contributed by atoms with Gasteiger partial charge in [-0.2, -0.15) is 0 Å². The molecule has 0 fully saturated rings. The fourth-order valence-corrected chi connectivity index (χ4v) is 0.958. The maximum Gasteiger partial charge on any atom is 0.299 e. The van der Waals surface area contributed by atoms with Gasteiger partial charge >= 0.3 is 0 Å². The number of hydrogen-bond acceptors (Lipinski definition) is 3. The summed E-state index contributed by atoms with van der Waals surface area (Å²) in [6.45, 7) is 0. The Labute approximate surface area is 89.3 Å². The summed E-state index contributed by atoms with van der Waals surface area (Å²) in [5.74, 6) is -1.29. The van der Waals surface area contributed by atoms with Crippen molar-refractivity contribution in [1.29, 1.82) is 0 Å². The predicted molar refractivity (Wildman–Crippen MR) is 53.1 cm³/mol. The first kappa shape index (κ1) is 12.0. The maximum atomic E-state index is 11.8. The summed E-state index contributed by atoms with van der Waals surface area (Å²) < 4.78 is 23.6. The number of nitrogens with zero attached hydrogens (tertiary/aromatic N) is 1. The largest absolute Gasteiger partial charge is 0.299 e. The molecule has 0 saturated heterocycles. The summed E-state index contributed by atoms with van der Waals surface area (Å²) in [5, 5.41) is 10.3. The lowest BCUT2D eigenvalue weighted by Crippen LogP contribution is -2.04. The van der Waals surface area contributed by atoms with Crippen molar-refractivity contribution in [3.05, 3.63) is 46.0 Å². The molecule has 0 saturated carbocycles. The van der Waals surface area contributed by atoms with Gasteiger partial charge in [0.25, 0.3) is 12.1 Å². The van der Waals surface area contributed by atoms with Gasteiger partial charge in [0.15, 0.2) is 0 Å². The Morgan fingerprint density at radius 3 is 2.31 bits per heavy atom. The summed E-state index contributed by atoms with van der Waals surface area (Å²) in [4.78, 5) is 20.3. The van der Waals surface area contributed by atoms with Crippen LogP contribution < -0.4 is 0 Å². The average molecular weight is 227 g/mol. The molecule has 0 heterocycles. The molecule has 0 aliphatic heterocycles. The molecule has 0 aliphatic carbocycles. The molecule has 84 valence electrons. The summed E-state index contributed by atoms with van der Waals surface area (Å²) in [7, 11) is 0. The maximum absolute atomic E-state index is 11.8. The molecular formula is C10H7F2NO3. The fourth-order valence-electron chi connectivity index (χ4n) is 0.958. The second-order valence-corrected chi connectivity index (χ2v) is 2.89. The number of carbonyl (C=O) groups is 1. The molecule has 4 nitrogen and oxygen atoms in total. The standard InChI is InChI=1S/C10H7F2NO3/c11-10(12)9(14)6-3-7-1-4-8(5-2-7)13(15)16/h1-6,10H/b6-3+. The molecule has 16 heavy (non-hydrogen) atoms. The molecule has 0 radical (unpaired) electrons. The highest BCUT2D eigenvalue weighted by atomic mass is 19.3. The SMILES string of the molecule is O=C(/C=C/c1ccc([N+](=O)[O-])cc1)C(F)F. The molecule has 0 atom stereocenters. The normalized spacial score (nSPS) is 10.9. The van der Waals surface area contributed by atoms with Crippen molar-refractivity contribution < 1.29 is 18.5 Å². The van der Waals surface area contributed by atoms with Crippen molar-refractivity contribution in [3.8, 4) is 0 Å². The first-order chi connectivity index (χ1) is 7.50. The number of allylic oxidation sites excluding steroid dienone is 1. The Bertz CT molecular complexity index is 426. The number of ketones is 1. The molecule has 0 amide bonds. The highest BCUT2D eigenvalue weighted by Gasteiger charge is 2.10. The van der Waals surface area contributed by atoms with Crippen LogP contribution in [0.25, 0.3) is 6.08 Å². The van der Waals surface area contributed by atoms with E-state index in [2.05, 4.69) is 0 Å². The lowest BCUT2D eigenvalue weighted by atomic mass is 10.2. The molecule has 1 rings (SSSR count). The third-order valence-corrected chi connectivity index (χ3v) is 1.76. The predicted octanol–water partition coefficient (Wildman–Crippen LogP) is 2.44. The molecule has 1 aromatic rings. The fraction of sp³-hybridized carbons (Fsp3) is 0.100. The van der Waals surface area contributed by atoms with Crippen molar-refractivity contribution in [1.82, 2.24) is 0 Å². The summed E-state index contributed by atoms with van der Waals surface area (Å²) in [6, 6.07) is 5.19. The van der Waals surface area contributed by atoms with Gasteiger partial charge in [-0.25, -0.2) is 8.78 Å². The van der Waals surface area contributed by atoms with Gasteiger partial charge in [0.2, 0.25) is 5.78 Å². The van der Waals surface area contributed by atoms with Gasteiger partial charge in [-0.05, 0) is 23.8 Å². The van der Waals surface area contributed by atoms with Crippen LogP contribution >= 0.6 is 0 Å². The van der Waals surface area contributed by atoms with E-state index in [9.17, 15) is 23.7 Å². The minimum absolute atomic E-state index is 0.0997. The van der Waals surface area contributed by atoms with Gasteiger partial charge in [-0.15, -0.1) is 0 Å². The number of non-ortho nitro benzene ring substituents is 1. The molecule has 0 aliphatic rings. The zero-order valence-electron chi connectivity index (χ0n) is 7.97. The van der Waals surface area contributed by atoms with Crippen LogP contribution in [0.4, 0.5) is 14.5 Å². The van der Waals surface area contributed by atoms with Gasteiger partial charge in [0.05, 0.1) is 4.92 Å². The number of halogens is 2. The van der Waals surface area contributed by atoms with Crippen LogP contribution in [0.3, 0.4) is 0 Å². The molecular weight excluding hydrogens is 220 g/mol. The van der Waals surface area contributed by atoms with Crippen molar-refractivity contribution >= 4 is 17.5 Å². The first-order valence-electron chi connectivity index (χ1n) is 4.25. The second-order valence-electron chi connectivity index (χ2n) is 2.89. The van der Waals surface area contributed by atoms with E-state index in [1.165, 1.54) is 30.3 Å². The Morgan fingerprint density at radius 2 is 1.88 bits per heavy atom. The van der Waals surface area contributed by atoms with Crippen LogP contribution in [-0.2, 0) is 4.79 Å². The third kappa shape index (κ3) is 3.23. The van der Waals surface area contributed by atoms with E-state index in [1.54, 1.807) is 0 Å². The zero-order valence-corrected chi connectivity index (χ0v) is 7.97. The quantitative estimate of drug-likeness (QED) is 0.451. The summed E-state index contributed by atoms with van der Waals surface area (Å²) in [5.41, 5.74) is 0.344. The highest BCUT2D eigenvalue weighted by molar-refractivity contribution is 5.95. The topological polar surface area (TPSA) is 60.2 Å². The van der Waals surface area contributed by atoms with E-state index in [1.807, 2.05) is 0 Å². The van der Waals surface area contributed by atoms with E-state index in [0.29, 0.717) is 5.56 Å². The molecule has 0 N–H and O–H groups in total. The lowest BCUT2D eigenvalue weighted by Gasteiger charge is -1.94. The summed E-state index contributed by atoms with van der Waals surface area (Å²) in [6.07, 6.45) is -1.11. The minimum atomic E-state index is -3.03. The van der Waals surface area contributed by atoms with Gasteiger partial charge in [0.1, 0.15) is 0 Å². The molecule has 0 unspecified atom stereocenters. The minimum Gasteiger partial charge on any atom is -0.288 e. The number of carbonyl (C=O) groups excluding carboxylic acids is 1. The molecule has 0 aromatic heterocycles. The van der Waals surface area contributed by atoms with Crippen molar-refractivity contribution in [2.75, 3.05) is 0 Å². The molecule has 0 bridgehead atoms. The number of rotatable bonds is 4. The molecule has 0 spiro atoms. The zero-order chi connectivity index (χ0) is 12.1. The number of nitro benzene ring substituents is 1. The van der Waals surface area contributed by atoms with E-state index >= 15 is 0 Å². The van der Waals surface area contributed by atoms with Crippen LogP contribution in [0, 0.1) is 10.1 Å². The van der Waals surface area contributed by atoms with E-state index in [0.717, 1.165) is 6.08 Å². The molecule has 6 heteroatoms. The van der Waals surface area contributed by atoms with E-state index in [4.69, 9.17) is 0 Å². The van der Waals surface area contributed by atoms with Gasteiger partial charge in [-0.3, -0.25) is 14.9 Å². The van der Waals surface area contributed by atoms with Crippen molar-refractivity contribution in [2.45, 2.75) is 6.43 Å². The lowest BCUT2D eigenvalue weighted by molar-refractivity contribution is -0.384. The van der Waals surface area contributed by atoms with E-state index < -0.39 is 17.1 Å². The second kappa shape index (κ2) is 5.11. The number of alkyl halides is 2. The van der Waals surface area contributed by atoms with Gasteiger partial charge < -0.3 is 0 Å². The van der Waals surface area contributed by atoms with Crippen LogP contribution in [0.5, 0.6) is 0 Å². The van der Waals surface area contributed by atoms with Crippen molar-refractivity contribution in [3.63, 3.8) is 0 Å². The van der Waals surface area contributed by atoms with Crippen molar-refractivity contribution in [2.24, 2.45) is 0 Å². The van der Waals surface area contributed by atoms with Gasteiger partial charge in [-0.1, -0.05) is 6.08 Å². The van der Waals surface area contributed by atoms with Crippen LogP contribution in [0.1, 0.15) is 5.56 Å². The summed E-state index contributed by atoms with van der Waals surface area (Å²) >= 11 is 0. The van der Waals surface area contributed by atoms with Crippen LogP contribution in [0.15, 0.2) is 30.3 Å². The third-order valence-electron chi connectivity index (χ3n) is 1.76. The number of benzene rings is 1. The first-order valence-corrected chi connectivity index (χ1v) is 4.25. The van der Waals surface area contributed by atoms with Crippen LogP contribution in [0.2, 0.25) is 0 Å².